The van der Waals surface area contributed by atoms with E-state index in [-0.39, 0.29) is 11.7 Å². The molecule has 1 unspecified atom stereocenters. The fraction of sp³-hybridized carbons (Fsp3) is 0.133. The Kier molecular flexibility index (Phi) is 3.13. The molecule has 0 saturated heterocycles. The number of fused-ring (bicyclic) bond motifs is 1. The van der Waals surface area contributed by atoms with Crippen molar-refractivity contribution in [3.63, 3.8) is 0 Å². The summed E-state index contributed by atoms with van der Waals surface area (Å²) in [4.78, 5) is 12.0. The highest BCUT2D eigenvalue weighted by molar-refractivity contribution is 6.04. The third-order valence-electron chi connectivity index (χ3n) is 3.34. The third-order valence-corrected chi connectivity index (χ3v) is 3.34. The molecule has 1 aliphatic rings. The highest BCUT2D eigenvalue weighted by atomic mass is 19.1. The van der Waals surface area contributed by atoms with Crippen LogP contribution in [0.2, 0.25) is 0 Å². The van der Waals surface area contributed by atoms with Crippen molar-refractivity contribution in [2.45, 2.75) is 6.04 Å². The van der Waals surface area contributed by atoms with Gasteiger partial charge in [0, 0.05) is 23.0 Å². The lowest BCUT2D eigenvalue weighted by Gasteiger charge is -2.14. The molecule has 0 spiro atoms. The van der Waals surface area contributed by atoms with Crippen molar-refractivity contribution in [1.29, 1.82) is 0 Å². The maximum atomic E-state index is 13.2. The molecule has 3 N–H and O–H groups in total. The lowest BCUT2D eigenvalue weighted by molar-refractivity contribution is -0.116. The van der Waals surface area contributed by atoms with Gasteiger partial charge in [-0.15, -0.1) is 0 Å². The molecule has 1 heterocycles. The molecule has 0 radical (unpaired) electrons. The summed E-state index contributed by atoms with van der Waals surface area (Å²) in [6.07, 6.45) is 0. The van der Waals surface area contributed by atoms with Crippen LogP contribution in [-0.4, -0.2) is 18.1 Å². The monoisotopic (exact) mass is 288 g/mol. The number of hydrogen-bond acceptors (Lipinski definition) is 4. The fourth-order valence-corrected chi connectivity index (χ4v) is 2.32. The van der Waals surface area contributed by atoms with Gasteiger partial charge in [0.05, 0.1) is 7.11 Å². The Morgan fingerprint density at radius 1 is 1.29 bits per heavy atom. The van der Waals surface area contributed by atoms with Gasteiger partial charge in [-0.05, 0) is 24.3 Å². The average molecular weight is 288 g/mol. The molecule has 21 heavy (non-hydrogen) atoms. The molecule has 0 fully saturated rings. The minimum Gasteiger partial charge on any atom is -0.504 e. The Morgan fingerprint density at radius 3 is 2.81 bits per heavy atom. The van der Waals surface area contributed by atoms with Crippen LogP contribution in [-0.2, 0) is 4.79 Å². The number of hydrogen-bond donors (Lipinski definition) is 3. The molecule has 2 aromatic carbocycles. The Hall–Kier alpha value is -2.76. The van der Waals surface area contributed by atoms with Gasteiger partial charge in [-0.3, -0.25) is 4.79 Å². The van der Waals surface area contributed by atoms with Gasteiger partial charge in [0.2, 0.25) is 0 Å². The average Bonchev–Trinajstić information content (AvgIpc) is 2.74. The first-order valence-electron chi connectivity index (χ1n) is 6.32. The first kappa shape index (κ1) is 13.2. The first-order valence-corrected chi connectivity index (χ1v) is 6.32. The van der Waals surface area contributed by atoms with Gasteiger partial charge < -0.3 is 20.5 Å². The van der Waals surface area contributed by atoms with E-state index in [1.165, 1.54) is 25.3 Å². The number of aromatic hydroxyl groups is 1. The molecule has 1 amide bonds. The van der Waals surface area contributed by atoms with Crippen LogP contribution in [0, 0.1) is 5.82 Å². The van der Waals surface area contributed by atoms with Gasteiger partial charge in [-0.25, -0.2) is 4.39 Å². The summed E-state index contributed by atoms with van der Waals surface area (Å²) in [7, 11) is 1.46. The number of methoxy groups -OCH3 is 1. The van der Waals surface area contributed by atoms with Crippen LogP contribution in [0.5, 0.6) is 11.5 Å². The molecule has 108 valence electrons. The van der Waals surface area contributed by atoms with Crippen LogP contribution < -0.4 is 15.4 Å². The van der Waals surface area contributed by atoms with E-state index in [9.17, 15) is 14.3 Å². The van der Waals surface area contributed by atoms with Crippen molar-refractivity contribution in [1.82, 2.24) is 0 Å². The van der Waals surface area contributed by atoms with Gasteiger partial charge in [0.25, 0.3) is 5.91 Å². The maximum Gasteiger partial charge on any atom is 0.251 e. The molecule has 1 atom stereocenters. The zero-order chi connectivity index (χ0) is 15.0. The van der Waals surface area contributed by atoms with Crippen molar-refractivity contribution in [2.75, 3.05) is 17.7 Å². The van der Waals surface area contributed by atoms with E-state index in [0.29, 0.717) is 22.7 Å². The van der Waals surface area contributed by atoms with Crippen LogP contribution in [0.1, 0.15) is 11.6 Å². The topological polar surface area (TPSA) is 70.6 Å². The van der Waals surface area contributed by atoms with E-state index >= 15 is 0 Å². The van der Waals surface area contributed by atoms with Crippen molar-refractivity contribution in [3.05, 3.63) is 47.8 Å². The third kappa shape index (κ3) is 2.35. The van der Waals surface area contributed by atoms with Gasteiger partial charge in [-0.1, -0.05) is 6.07 Å². The van der Waals surface area contributed by atoms with Crippen LogP contribution in [0.3, 0.4) is 0 Å². The fourth-order valence-electron chi connectivity index (χ4n) is 2.32. The zero-order valence-corrected chi connectivity index (χ0v) is 11.2. The summed E-state index contributed by atoms with van der Waals surface area (Å²) in [6, 6.07) is 8.26. The second-order valence-electron chi connectivity index (χ2n) is 4.68. The summed E-state index contributed by atoms with van der Waals surface area (Å²) in [5, 5.41) is 15.4. The summed E-state index contributed by atoms with van der Waals surface area (Å²) >= 11 is 0. The van der Waals surface area contributed by atoms with Crippen LogP contribution in [0.4, 0.5) is 15.8 Å². The van der Waals surface area contributed by atoms with Crippen LogP contribution in [0.15, 0.2) is 36.4 Å². The number of nitrogens with one attached hydrogen (secondary N) is 2. The lowest BCUT2D eigenvalue weighted by atomic mass is 10.1. The highest BCUT2D eigenvalue weighted by Crippen LogP contribution is 2.35. The van der Waals surface area contributed by atoms with Crippen molar-refractivity contribution in [3.8, 4) is 11.5 Å². The Morgan fingerprint density at radius 2 is 2.10 bits per heavy atom. The number of ether oxygens (including phenoxy) is 1. The van der Waals surface area contributed by atoms with Gasteiger partial charge in [-0.2, -0.15) is 0 Å². The Bertz CT molecular complexity index is 718. The Balaban J connectivity index is 1.89. The smallest absolute Gasteiger partial charge is 0.251 e. The van der Waals surface area contributed by atoms with E-state index in [1.807, 2.05) is 0 Å². The number of carbonyl (C=O) groups is 1. The molecular weight excluding hydrogens is 275 g/mol. The molecule has 1 aliphatic heterocycles. The molecule has 2 aromatic rings. The summed E-state index contributed by atoms with van der Waals surface area (Å²) in [5.41, 5.74) is 1.68. The lowest BCUT2D eigenvalue weighted by Crippen LogP contribution is -2.19. The number of phenolic OH excluding ortho intramolecular Hbond substituents is 1. The minimum absolute atomic E-state index is 0.0276. The molecule has 0 bridgehead atoms. The number of benzene rings is 2. The molecule has 6 heteroatoms. The second kappa shape index (κ2) is 4.97. The summed E-state index contributed by atoms with van der Waals surface area (Å²) in [6.45, 7) is 0. The number of rotatable bonds is 3. The molecule has 5 nitrogen and oxygen atoms in total. The van der Waals surface area contributed by atoms with Crippen molar-refractivity contribution >= 4 is 17.3 Å². The van der Waals surface area contributed by atoms with E-state index < -0.39 is 11.9 Å². The SMILES string of the molecule is COc1ccc(NC2C(=O)Nc3cc(F)ccc32)cc1O. The molecular formula is C15H13FN2O3. The normalized spacial score (nSPS) is 16.3. The maximum absolute atomic E-state index is 13.2. The molecule has 0 aliphatic carbocycles. The Labute approximate surface area is 120 Å². The number of amides is 1. The van der Waals surface area contributed by atoms with Gasteiger partial charge in [0.1, 0.15) is 11.9 Å². The number of phenols is 1. The number of carbonyl (C=O) groups excluding carboxylic acids is 1. The summed E-state index contributed by atoms with van der Waals surface area (Å²) in [5.74, 6) is -0.359. The van der Waals surface area contributed by atoms with E-state index in [4.69, 9.17) is 4.74 Å². The van der Waals surface area contributed by atoms with Gasteiger partial charge >= 0.3 is 0 Å². The number of halogens is 1. The number of anilines is 2. The largest absolute Gasteiger partial charge is 0.504 e. The quantitative estimate of drug-likeness (QED) is 0.812. The summed E-state index contributed by atoms with van der Waals surface area (Å²) < 4.78 is 18.1. The van der Waals surface area contributed by atoms with E-state index in [0.717, 1.165) is 0 Å². The van der Waals surface area contributed by atoms with Crippen LogP contribution >= 0.6 is 0 Å². The first-order chi connectivity index (χ1) is 10.1. The predicted octanol–water partition coefficient (Wildman–Crippen LogP) is 2.65. The predicted molar refractivity (Wildman–Crippen MR) is 76.1 cm³/mol. The standard InChI is InChI=1S/C15H13FN2O3/c1-21-13-5-3-9(7-12(13)19)17-14-10-4-2-8(16)6-11(10)18-15(14)20/h2-7,14,17,19H,1H3,(H,18,20). The molecule has 3 rings (SSSR count). The second-order valence-corrected chi connectivity index (χ2v) is 4.68. The van der Waals surface area contributed by atoms with Crippen LogP contribution in [0.25, 0.3) is 0 Å². The van der Waals surface area contributed by atoms with E-state index in [2.05, 4.69) is 10.6 Å². The van der Waals surface area contributed by atoms with Crippen molar-refractivity contribution < 1.29 is 19.0 Å². The highest BCUT2D eigenvalue weighted by Gasteiger charge is 2.30. The molecule has 0 aromatic heterocycles. The van der Waals surface area contributed by atoms with E-state index in [1.54, 1.807) is 18.2 Å². The minimum atomic E-state index is -0.631. The molecule has 0 saturated carbocycles. The zero-order valence-electron chi connectivity index (χ0n) is 11.2. The van der Waals surface area contributed by atoms with Gasteiger partial charge in [0.15, 0.2) is 11.5 Å². The van der Waals surface area contributed by atoms with Crippen molar-refractivity contribution in [2.24, 2.45) is 0 Å².